The molecule has 1 aromatic heterocycles. The lowest BCUT2D eigenvalue weighted by Crippen LogP contribution is -2.55. The first-order chi connectivity index (χ1) is 13.9. The molecule has 0 unspecified atom stereocenters. The molecule has 0 saturated carbocycles. The molecule has 1 heterocycles. The fourth-order valence-corrected chi connectivity index (χ4v) is 2.87. The van der Waals surface area contributed by atoms with Crippen LogP contribution in [0.15, 0.2) is 64.0 Å². The van der Waals surface area contributed by atoms with Crippen molar-refractivity contribution in [2.45, 2.75) is 45.8 Å². The molecule has 2 aromatic rings. The highest BCUT2D eigenvalue weighted by Crippen LogP contribution is 2.11. The first-order valence-electron chi connectivity index (χ1n) is 9.48. The normalized spacial score (nSPS) is 10.5. The minimum Gasteiger partial charge on any atom is -0.325 e. The standard InChI is InChI=1S/C21H26N4O4/c1-4-7-8-16-9-11-17(12-10-16)22-18(26)15-25-20(28)23(13-5-2)19(27)24(14-6-3)21(25)29/h5-6,9-12H,2-4,7-8,13-15H2,1H3,(H,22,26). The molecule has 0 radical (unpaired) electrons. The monoisotopic (exact) mass is 398 g/mol. The molecule has 1 N–H and O–H groups in total. The van der Waals surface area contributed by atoms with Gasteiger partial charge in [0.25, 0.3) is 0 Å². The summed E-state index contributed by atoms with van der Waals surface area (Å²) in [6, 6.07) is 7.41. The second kappa shape index (κ2) is 10.2. The maximum atomic E-state index is 12.5. The van der Waals surface area contributed by atoms with Crippen LogP contribution in [-0.4, -0.2) is 19.6 Å². The number of unbranched alkanes of at least 4 members (excludes halogenated alkanes) is 1. The van der Waals surface area contributed by atoms with Crippen molar-refractivity contribution in [3.8, 4) is 0 Å². The molecule has 29 heavy (non-hydrogen) atoms. The Morgan fingerprint density at radius 3 is 1.93 bits per heavy atom. The summed E-state index contributed by atoms with van der Waals surface area (Å²) in [7, 11) is 0. The number of carbonyl (C=O) groups excluding carboxylic acids is 1. The predicted octanol–water partition coefficient (Wildman–Crippen LogP) is 1.52. The Labute approximate surface area is 168 Å². The quantitative estimate of drug-likeness (QED) is 0.614. The van der Waals surface area contributed by atoms with Crippen molar-refractivity contribution in [3.63, 3.8) is 0 Å². The summed E-state index contributed by atoms with van der Waals surface area (Å²) >= 11 is 0. The number of amides is 1. The zero-order valence-corrected chi connectivity index (χ0v) is 16.6. The Morgan fingerprint density at radius 2 is 1.45 bits per heavy atom. The van der Waals surface area contributed by atoms with Crippen LogP contribution in [0.2, 0.25) is 0 Å². The Balaban J connectivity index is 2.28. The van der Waals surface area contributed by atoms with Gasteiger partial charge in [0.05, 0.1) is 13.1 Å². The molecule has 1 amide bonds. The van der Waals surface area contributed by atoms with Crippen LogP contribution < -0.4 is 22.4 Å². The lowest BCUT2D eigenvalue weighted by molar-refractivity contribution is -0.116. The number of benzene rings is 1. The van der Waals surface area contributed by atoms with Crippen molar-refractivity contribution in [1.82, 2.24) is 13.7 Å². The molecule has 0 fully saturated rings. The van der Waals surface area contributed by atoms with Gasteiger partial charge in [-0.2, -0.15) is 0 Å². The van der Waals surface area contributed by atoms with Crippen LogP contribution in [0.1, 0.15) is 25.3 Å². The van der Waals surface area contributed by atoms with Crippen molar-refractivity contribution in [2.24, 2.45) is 0 Å². The first-order valence-corrected chi connectivity index (χ1v) is 9.48. The fourth-order valence-electron chi connectivity index (χ4n) is 2.87. The van der Waals surface area contributed by atoms with Gasteiger partial charge in [-0.05, 0) is 30.5 Å². The summed E-state index contributed by atoms with van der Waals surface area (Å²) in [6.45, 7) is 8.49. The molecule has 0 spiro atoms. The third kappa shape index (κ3) is 5.31. The Hall–Kier alpha value is -3.42. The minimum atomic E-state index is -0.856. The summed E-state index contributed by atoms with van der Waals surface area (Å²) in [5.74, 6) is -0.542. The molecule has 8 nitrogen and oxygen atoms in total. The van der Waals surface area contributed by atoms with Crippen LogP contribution in [-0.2, 0) is 30.8 Å². The molecule has 0 aliphatic carbocycles. The maximum Gasteiger partial charge on any atom is 0.337 e. The molecule has 0 atom stereocenters. The largest absolute Gasteiger partial charge is 0.337 e. The fraction of sp³-hybridized carbons (Fsp3) is 0.333. The van der Waals surface area contributed by atoms with E-state index < -0.39 is 29.5 Å². The van der Waals surface area contributed by atoms with Crippen molar-refractivity contribution in [1.29, 1.82) is 0 Å². The number of rotatable bonds is 10. The summed E-state index contributed by atoms with van der Waals surface area (Å²) in [4.78, 5) is 49.9. The van der Waals surface area contributed by atoms with Crippen LogP contribution in [0.5, 0.6) is 0 Å². The zero-order chi connectivity index (χ0) is 21.4. The Bertz CT molecular complexity index is 1010. The van der Waals surface area contributed by atoms with Crippen LogP contribution in [0.3, 0.4) is 0 Å². The molecule has 2 rings (SSSR count). The molecular weight excluding hydrogens is 372 g/mol. The molecule has 0 aliphatic rings. The van der Waals surface area contributed by atoms with Gasteiger partial charge in [0.15, 0.2) is 0 Å². The minimum absolute atomic E-state index is 0.0735. The number of hydrogen-bond donors (Lipinski definition) is 1. The number of allylic oxidation sites excluding steroid dienone is 2. The highest BCUT2D eigenvalue weighted by atomic mass is 16.2. The number of aromatic nitrogens is 3. The van der Waals surface area contributed by atoms with E-state index in [1.165, 1.54) is 17.7 Å². The van der Waals surface area contributed by atoms with E-state index in [0.717, 1.165) is 33.0 Å². The smallest absolute Gasteiger partial charge is 0.325 e. The highest BCUT2D eigenvalue weighted by Gasteiger charge is 2.16. The van der Waals surface area contributed by atoms with Gasteiger partial charge in [0.2, 0.25) is 5.91 Å². The van der Waals surface area contributed by atoms with Gasteiger partial charge in [-0.3, -0.25) is 4.79 Å². The van der Waals surface area contributed by atoms with E-state index in [1.807, 2.05) is 12.1 Å². The van der Waals surface area contributed by atoms with Gasteiger partial charge in [-0.25, -0.2) is 28.1 Å². The third-order valence-electron chi connectivity index (χ3n) is 4.37. The number of nitrogens with zero attached hydrogens (tertiary/aromatic N) is 3. The van der Waals surface area contributed by atoms with Gasteiger partial charge < -0.3 is 5.32 Å². The summed E-state index contributed by atoms with van der Waals surface area (Å²) in [5, 5.41) is 2.67. The van der Waals surface area contributed by atoms with E-state index in [4.69, 9.17) is 0 Å². The summed E-state index contributed by atoms with van der Waals surface area (Å²) < 4.78 is 2.45. The maximum absolute atomic E-state index is 12.5. The van der Waals surface area contributed by atoms with Gasteiger partial charge in [0.1, 0.15) is 6.54 Å². The van der Waals surface area contributed by atoms with Crippen molar-refractivity contribution in [2.75, 3.05) is 5.32 Å². The molecule has 0 aliphatic heterocycles. The van der Waals surface area contributed by atoms with E-state index in [9.17, 15) is 19.2 Å². The number of aryl methyl sites for hydroxylation is 1. The van der Waals surface area contributed by atoms with Crippen LogP contribution >= 0.6 is 0 Å². The van der Waals surface area contributed by atoms with E-state index in [2.05, 4.69) is 25.4 Å². The lowest BCUT2D eigenvalue weighted by atomic mass is 10.1. The highest BCUT2D eigenvalue weighted by molar-refractivity contribution is 5.90. The van der Waals surface area contributed by atoms with Crippen molar-refractivity contribution < 1.29 is 4.79 Å². The van der Waals surface area contributed by atoms with E-state index in [-0.39, 0.29) is 13.1 Å². The van der Waals surface area contributed by atoms with Gasteiger partial charge in [-0.1, -0.05) is 37.6 Å². The van der Waals surface area contributed by atoms with Crippen LogP contribution in [0.4, 0.5) is 5.69 Å². The second-order valence-corrected chi connectivity index (χ2v) is 6.58. The predicted molar refractivity (Wildman–Crippen MR) is 113 cm³/mol. The summed E-state index contributed by atoms with van der Waals surface area (Å²) in [5.41, 5.74) is -0.742. The number of hydrogen-bond acceptors (Lipinski definition) is 4. The van der Waals surface area contributed by atoms with Crippen LogP contribution in [0, 0.1) is 0 Å². The summed E-state index contributed by atoms with van der Waals surface area (Å²) in [6.07, 6.45) is 5.90. The SMILES string of the molecule is C=CCn1c(=O)n(CC=C)c(=O)n(CC(=O)Nc2ccc(CCCC)cc2)c1=O. The van der Waals surface area contributed by atoms with Gasteiger partial charge in [-0.15, -0.1) is 13.2 Å². The van der Waals surface area contributed by atoms with Crippen molar-refractivity contribution in [3.05, 3.63) is 86.6 Å². The van der Waals surface area contributed by atoms with E-state index in [1.54, 1.807) is 12.1 Å². The average Bonchev–Trinajstić information content (AvgIpc) is 2.71. The molecule has 0 bridgehead atoms. The Morgan fingerprint density at radius 1 is 0.931 bits per heavy atom. The van der Waals surface area contributed by atoms with E-state index in [0.29, 0.717) is 5.69 Å². The van der Waals surface area contributed by atoms with Crippen LogP contribution in [0.25, 0.3) is 0 Å². The third-order valence-corrected chi connectivity index (χ3v) is 4.37. The first kappa shape index (κ1) is 21.9. The Kier molecular flexibility index (Phi) is 7.70. The van der Waals surface area contributed by atoms with Gasteiger partial charge >= 0.3 is 17.1 Å². The van der Waals surface area contributed by atoms with Crippen molar-refractivity contribution >= 4 is 11.6 Å². The van der Waals surface area contributed by atoms with Gasteiger partial charge in [0, 0.05) is 5.69 Å². The van der Waals surface area contributed by atoms with E-state index >= 15 is 0 Å². The molecule has 8 heteroatoms. The molecule has 0 saturated heterocycles. The molecule has 1 aromatic carbocycles. The lowest BCUT2D eigenvalue weighted by Gasteiger charge is -2.12. The number of carbonyl (C=O) groups is 1. The average molecular weight is 398 g/mol. The zero-order valence-electron chi connectivity index (χ0n) is 16.6. The number of nitrogens with one attached hydrogen (secondary N) is 1. The number of anilines is 1. The second-order valence-electron chi connectivity index (χ2n) is 6.58. The molecule has 154 valence electrons. The molecular formula is C21H26N4O4. The topological polar surface area (TPSA) is 95.1 Å².